The molecular formula is C36H46N6O4. The number of aryl methyl sites for hydroxylation is 1. The smallest absolute Gasteiger partial charge is 0.324 e. The van der Waals surface area contributed by atoms with Crippen LogP contribution >= 0.6 is 0 Å². The SMILES string of the molecule is Cc1ccc(-n2nc(C(C)(C)C)cc2NC(=O)Nc2ccc(OCCN3CCOCC3)c3ccccc23)c(C)c1N1CCOCC1. The number of morpholine rings is 2. The van der Waals surface area contributed by atoms with E-state index in [1.807, 2.05) is 47.1 Å². The molecule has 0 bridgehead atoms. The van der Waals surface area contributed by atoms with Crippen molar-refractivity contribution in [1.29, 1.82) is 0 Å². The lowest BCUT2D eigenvalue weighted by atomic mass is 9.92. The second-order valence-electron chi connectivity index (χ2n) is 13.1. The van der Waals surface area contributed by atoms with Crippen molar-refractivity contribution in [3.63, 3.8) is 0 Å². The molecule has 2 saturated heterocycles. The third-order valence-corrected chi connectivity index (χ3v) is 8.78. The molecule has 46 heavy (non-hydrogen) atoms. The molecule has 0 atom stereocenters. The fourth-order valence-electron chi connectivity index (χ4n) is 6.23. The number of carbonyl (C=O) groups excluding carboxylic acids is 1. The van der Waals surface area contributed by atoms with Crippen LogP contribution in [0, 0.1) is 13.8 Å². The molecule has 0 spiro atoms. The molecule has 0 aliphatic carbocycles. The molecule has 2 amide bonds. The topological polar surface area (TPSA) is 93.1 Å². The van der Waals surface area contributed by atoms with Crippen LogP contribution in [0.5, 0.6) is 5.75 Å². The Bertz CT molecular complexity index is 1680. The summed E-state index contributed by atoms with van der Waals surface area (Å²) < 4.78 is 19.1. The molecule has 2 aliphatic rings. The molecule has 3 aromatic carbocycles. The summed E-state index contributed by atoms with van der Waals surface area (Å²) in [5, 5.41) is 13.1. The molecule has 0 radical (unpaired) electrons. The first-order valence-corrected chi connectivity index (χ1v) is 16.3. The highest BCUT2D eigenvalue weighted by atomic mass is 16.5. The second-order valence-corrected chi connectivity index (χ2v) is 13.1. The summed E-state index contributed by atoms with van der Waals surface area (Å²) in [6, 6.07) is 17.7. The van der Waals surface area contributed by atoms with Crippen LogP contribution in [0.2, 0.25) is 0 Å². The number of benzene rings is 3. The van der Waals surface area contributed by atoms with Gasteiger partial charge in [0.05, 0.1) is 43.5 Å². The van der Waals surface area contributed by atoms with Crippen molar-refractivity contribution in [1.82, 2.24) is 14.7 Å². The Morgan fingerprint density at radius 2 is 1.59 bits per heavy atom. The van der Waals surface area contributed by atoms with Crippen LogP contribution in [0.1, 0.15) is 37.6 Å². The molecule has 2 fully saturated rings. The van der Waals surface area contributed by atoms with E-state index < -0.39 is 0 Å². The number of fused-ring (bicyclic) bond motifs is 1. The van der Waals surface area contributed by atoms with E-state index in [0.29, 0.717) is 31.3 Å². The highest BCUT2D eigenvalue weighted by Crippen LogP contribution is 2.35. The van der Waals surface area contributed by atoms with Gasteiger partial charge in [-0.25, -0.2) is 9.48 Å². The summed E-state index contributed by atoms with van der Waals surface area (Å²) in [5.74, 6) is 1.41. The maximum atomic E-state index is 13.6. The predicted molar refractivity (Wildman–Crippen MR) is 184 cm³/mol. The Kier molecular flexibility index (Phi) is 9.49. The molecule has 1 aromatic heterocycles. The largest absolute Gasteiger partial charge is 0.492 e. The maximum Gasteiger partial charge on any atom is 0.324 e. The summed E-state index contributed by atoms with van der Waals surface area (Å²) in [6.07, 6.45) is 0. The number of ether oxygens (including phenoxy) is 3. The zero-order valence-electron chi connectivity index (χ0n) is 27.7. The zero-order valence-corrected chi connectivity index (χ0v) is 27.7. The highest BCUT2D eigenvalue weighted by Gasteiger charge is 2.25. The number of hydrogen-bond acceptors (Lipinski definition) is 7. The van der Waals surface area contributed by atoms with E-state index in [2.05, 4.69) is 67.2 Å². The third-order valence-electron chi connectivity index (χ3n) is 8.78. The highest BCUT2D eigenvalue weighted by molar-refractivity contribution is 6.07. The van der Waals surface area contributed by atoms with Crippen LogP contribution in [0.15, 0.2) is 54.6 Å². The van der Waals surface area contributed by atoms with Crippen LogP contribution in [0.25, 0.3) is 16.5 Å². The molecule has 2 aliphatic heterocycles. The van der Waals surface area contributed by atoms with E-state index in [-0.39, 0.29) is 11.4 Å². The van der Waals surface area contributed by atoms with Gasteiger partial charge in [-0.15, -0.1) is 0 Å². The van der Waals surface area contributed by atoms with Gasteiger partial charge < -0.3 is 24.4 Å². The number of hydrogen-bond donors (Lipinski definition) is 2. The van der Waals surface area contributed by atoms with Gasteiger partial charge in [-0.3, -0.25) is 10.2 Å². The van der Waals surface area contributed by atoms with Gasteiger partial charge in [-0.2, -0.15) is 5.10 Å². The van der Waals surface area contributed by atoms with Crippen LogP contribution in [-0.2, 0) is 14.9 Å². The molecular weight excluding hydrogens is 580 g/mol. The van der Waals surface area contributed by atoms with E-state index in [4.69, 9.17) is 19.3 Å². The van der Waals surface area contributed by atoms with E-state index >= 15 is 0 Å². The monoisotopic (exact) mass is 626 g/mol. The maximum absolute atomic E-state index is 13.6. The number of aromatic nitrogens is 2. The fourth-order valence-corrected chi connectivity index (χ4v) is 6.23. The number of amides is 2. The van der Waals surface area contributed by atoms with E-state index in [1.165, 1.54) is 11.3 Å². The van der Waals surface area contributed by atoms with Gasteiger partial charge in [0.15, 0.2) is 0 Å². The minimum absolute atomic E-state index is 0.211. The fraction of sp³-hybridized carbons (Fsp3) is 0.444. The first-order valence-electron chi connectivity index (χ1n) is 16.3. The van der Waals surface area contributed by atoms with Crippen LogP contribution in [-0.4, -0.2) is 86.5 Å². The summed E-state index contributed by atoms with van der Waals surface area (Å²) in [7, 11) is 0. The summed E-state index contributed by atoms with van der Waals surface area (Å²) >= 11 is 0. The number of urea groups is 1. The minimum Gasteiger partial charge on any atom is -0.492 e. The summed E-state index contributed by atoms with van der Waals surface area (Å²) in [5.41, 5.74) is 5.84. The van der Waals surface area contributed by atoms with Gasteiger partial charge in [0, 0.05) is 60.7 Å². The Balaban J connectivity index is 1.24. The van der Waals surface area contributed by atoms with Crippen molar-refractivity contribution in [3.05, 3.63) is 71.4 Å². The lowest BCUT2D eigenvalue weighted by Gasteiger charge is -2.32. The Morgan fingerprint density at radius 3 is 2.30 bits per heavy atom. The minimum atomic E-state index is -0.342. The molecule has 10 nitrogen and oxygen atoms in total. The van der Waals surface area contributed by atoms with Crippen molar-refractivity contribution in [2.24, 2.45) is 0 Å². The molecule has 10 heteroatoms. The van der Waals surface area contributed by atoms with Gasteiger partial charge in [-0.1, -0.05) is 51.1 Å². The Morgan fingerprint density at radius 1 is 0.891 bits per heavy atom. The van der Waals surface area contributed by atoms with E-state index in [9.17, 15) is 4.79 Å². The molecule has 6 rings (SSSR count). The van der Waals surface area contributed by atoms with Crippen molar-refractivity contribution >= 4 is 34.0 Å². The third kappa shape index (κ3) is 6.99. The normalized spacial score (nSPS) is 16.1. The molecule has 0 saturated carbocycles. The zero-order chi connectivity index (χ0) is 32.3. The molecule has 2 N–H and O–H groups in total. The molecule has 3 heterocycles. The van der Waals surface area contributed by atoms with E-state index in [0.717, 1.165) is 79.4 Å². The number of nitrogens with zero attached hydrogens (tertiary/aromatic N) is 4. The summed E-state index contributed by atoms with van der Waals surface area (Å²) in [6.45, 7) is 18.6. The predicted octanol–water partition coefficient (Wildman–Crippen LogP) is 6.13. The standard InChI is InChI=1S/C36H46N6O4/c1-25-10-12-30(26(2)34(25)41-17-21-45-22-18-41)42-33(24-32(39-42)36(3,4)5)38-35(43)37-29-11-13-31(28-9-7-6-8-27(28)29)46-23-16-40-14-19-44-20-15-40/h6-13,24H,14-23H2,1-5H3,(H2,37,38,43). The molecule has 244 valence electrons. The average molecular weight is 627 g/mol. The lowest BCUT2D eigenvalue weighted by molar-refractivity contribution is 0.0323. The Hall–Kier alpha value is -4.12. The second kappa shape index (κ2) is 13.7. The van der Waals surface area contributed by atoms with Crippen LogP contribution in [0.3, 0.4) is 0 Å². The quantitative estimate of drug-likeness (QED) is 0.243. The molecule has 0 unspecified atom stereocenters. The lowest BCUT2D eigenvalue weighted by Crippen LogP contribution is -2.38. The van der Waals surface area contributed by atoms with Crippen molar-refractivity contribution in [2.45, 2.75) is 40.0 Å². The van der Waals surface area contributed by atoms with Gasteiger partial charge in [0.2, 0.25) is 0 Å². The van der Waals surface area contributed by atoms with Crippen molar-refractivity contribution in [2.75, 3.05) is 81.3 Å². The number of nitrogens with one attached hydrogen (secondary N) is 2. The summed E-state index contributed by atoms with van der Waals surface area (Å²) in [4.78, 5) is 18.4. The number of anilines is 3. The van der Waals surface area contributed by atoms with Gasteiger partial charge >= 0.3 is 6.03 Å². The number of carbonyl (C=O) groups is 1. The van der Waals surface area contributed by atoms with Crippen molar-refractivity contribution in [3.8, 4) is 11.4 Å². The van der Waals surface area contributed by atoms with Gasteiger partial charge in [-0.05, 0) is 43.2 Å². The Labute approximate surface area is 271 Å². The van der Waals surface area contributed by atoms with E-state index in [1.54, 1.807) is 0 Å². The first-order chi connectivity index (χ1) is 22.2. The number of rotatable bonds is 8. The van der Waals surface area contributed by atoms with Gasteiger partial charge in [0.1, 0.15) is 18.2 Å². The molecule has 4 aromatic rings. The van der Waals surface area contributed by atoms with Crippen LogP contribution < -0.4 is 20.3 Å². The van der Waals surface area contributed by atoms with Crippen molar-refractivity contribution < 1.29 is 19.0 Å². The van der Waals surface area contributed by atoms with Crippen LogP contribution in [0.4, 0.5) is 22.0 Å². The average Bonchev–Trinajstić information content (AvgIpc) is 3.47. The van der Waals surface area contributed by atoms with Gasteiger partial charge in [0.25, 0.3) is 0 Å². The first kappa shape index (κ1) is 31.8.